The molecule has 14 heavy (non-hydrogen) atoms. The van der Waals surface area contributed by atoms with E-state index in [0.29, 0.717) is 0 Å². The third-order valence-electron chi connectivity index (χ3n) is 3.08. The van der Waals surface area contributed by atoms with Crippen LogP contribution in [0.5, 0.6) is 0 Å². The number of nitrogens with two attached hydrogens (primary N) is 1. The molecular weight excluding hydrogens is 176 g/mol. The van der Waals surface area contributed by atoms with Crippen LogP contribution >= 0.6 is 0 Å². The normalized spacial score (nSPS) is 32.9. The number of pyridine rings is 1. The average Bonchev–Trinajstić information content (AvgIpc) is 2.24. The van der Waals surface area contributed by atoms with Gasteiger partial charge in [0, 0.05) is 18.4 Å². The van der Waals surface area contributed by atoms with Crippen molar-refractivity contribution in [3.63, 3.8) is 0 Å². The first-order chi connectivity index (χ1) is 6.71. The average molecular weight is 192 g/mol. The number of hydrogen-bond donors (Lipinski definition) is 2. The molecule has 3 heteroatoms. The fourth-order valence-corrected chi connectivity index (χ4v) is 2.07. The Morgan fingerprint density at radius 1 is 1.29 bits per heavy atom. The molecule has 0 aromatic carbocycles. The van der Waals surface area contributed by atoms with Gasteiger partial charge in [-0.3, -0.25) is 4.98 Å². The number of nitrogens with zero attached hydrogens (tertiary/aromatic N) is 1. The maximum absolute atomic E-state index is 10.4. The summed E-state index contributed by atoms with van der Waals surface area (Å²) in [5.41, 5.74) is 6.11. The second kappa shape index (κ2) is 3.67. The third-order valence-corrected chi connectivity index (χ3v) is 3.08. The van der Waals surface area contributed by atoms with Gasteiger partial charge in [0.25, 0.3) is 0 Å². The molecule has 0 spiro atoms. The van der Waals surface area contributed by atoms with E-state index in [1.54, 1.807) is 12.4 Å². The SMILES string of the molecule is NC1CCC(O)(c2ccncc2)CC1. The molecule has 0 radical (unpaired) electrons. The zero-order chi connectivity index (χ0) is 10.0. The molecule has 0 unspecified atom stereocenters. The largest absolute Gasteiger partial charge is 0.385 e. The molecule has 1 heterocycles. The van der Waals surface area contributed by atoms with Crippen LogP contribution in [0.15, 0.2) is 24.5 Å². The van der Waals surface area contributed by atoms with Gasteiger partial charge in [-0.1, -0.05) is 0 Å². The fourth-order valence-electron chi connectivity index (χ4n) is 2.07. The van der Waals surface area contributed by atoms with Crippen LogP contribution in [-0.4, -0.2) is 16.1 Å². The van der Waals surface area contributed by atoms with Crippen molar-refractivity contribution >= 4 is 0 Å². The maximum Gasteiger partial charge on any atom is 0.0898 e. The van der Waals surface area contributed by atoms with Gasteiger partial charge in [0.2, 0.25) is 0 Å². The van der Waals surface area contributed by atoms with E-state index >= 15 is 0 Å². The number of rotatable bonds is 1. The minimum atomic E-state index is -0.668. The molecule has 1 aliphatic carbocycles. The minimum absolute atomic E-state index is 0.261. The Bertz CT molecular complexity index is 291. The smallest absolute Gasteiger partial charge is 0.0898 e. The molecule has 1 aromatic rings. The lowest BCUT2D eigenvalue weighted by atomic mass is 9.78. The molecule has 1 aromatic heterocycles. The van der Waals surface area contributed by atoms with Crippen LogP contribution in [0, 0.1) is 0 Å². The van der Waals surface area contributed by atoms with Crippen molar-refractivity contribution < 1.29 is 5.11 Å². The van der Waals surface area contributed by atoms with Crippen molar-refractivity contribution in [2.75, 3.05) is 0 Å². The van der Waals surface area contributed by atoms with Crippen LogP contribution < -0.4 is 5.73 Å². The van der Waals surface area contributed by atoms with Crippen molar-refractivity contribution in [2.45, 2.75) is 37.3 Å². The highest BCUT2D eigenvalue weighted by molar-refractivity contribution is 5.19. The van der Waals surface area contributed by atoms with Gasteiger partial charge in [0.1, 0.15) is 0 Å². The first-order valence-electron chi connectivity index (χ1n) is 5.09. The maximum atomic E-state index is 10.4. The Morgan fingerprint density at radius 2 is 1.86 bits per heavy atom. The van der Waals surface area contributed by atoms with Gasteiger partial charge in [0.15, 0.2) is 0 Å². The van der Waals surface area contributed by atoms with Crippen molar-refractivity contribution in [1.29, 1.82) is 0 Å². The molecule has 76 valence electrons. The first-order valence-corrected chi connectivity index (χ1v) is 5.09. The highest BCUT2D eigenvalue weighted by Crippen LogP contribution is 2.35. The Kier molecular flexibility index (Phi) is 2.52. The van der Waals surface area contributed by atoms with E-state index in [2.05, 4.69) is 4.98 Å². The van der Waals surface area contributed by atoms with Gasteiger partial charge in [-0.25, -0.2) is 0 Å². The predicted molar refractivity (Wildman–Crippen MR) is 54.6 cm³/mol. The lowest BCUT2D eigenvalue weighted by Gasteiger charge is -2.35. The Hall–Kier alpha value is -0.930. The molecule has 0 saturated heterocycles. The molecule has 3 nitrogen and oxygen atoms in total. The fraction of sp³-hybridized carbons (Fsp3) is 0.545. The van der Waals surface area contributed by atoms with E-state index < -0.39 is 5.60 Å². The minimum Gasteiger partial charge on any atom is -0.385 e. The van der Waals surface area contributed by atoms with Crippen molar-refractivity contribution in [1.82, 2.24) is 4.98 Å². The van der Waals surface area contributed by atoms with Gasteiger partial charge < -0.3 is 10.8 Å². The summed E-state index contributed by atoms with van der Waals surface area (Å²) in [6, 6.07) is 4.03. The molecule has 2 rings (SSSR count). The monoisotopic (exact) mass is 192 g/mol. The second-order valence-electron chi connectivity index (χ2n) is 4.10. The Morgan fingerprint density at radius 3 is 2.43 bits per heavy atom. The Labute approximate surface area is 84.0 Å². The van der Waals surface area contributed by atoms with Gasteiger partial charge in [-0.2, -0.15) is 0 Å². The summed E-state index contributed by atoms with van der Waals surface area (Å²) in [4.78, 5) is 3.95. The summed E-state index contributed by atoms with van der Waals surface area (Å²) in [5, 5.41) is 10.4. The molecule has 3 N–H and O–H groups in total. The van der Waals surface area contributed by atoms with Crippen LogP contribution in [0.2, 0.25) is 0 Å². The van der Waals surface area contributed by atoms with E-state index in [-0.39, 0.29) is 6.04 Å². The van der Waals surface area contributed by atoms with Crippen LogP contribution in [0.4, 0.5) is 0 Å². The van der Waals surface area contributed by atoms with E-state index in [9.17, 15) is 5.11 Å². The molecule has 1 fully saturated rings. The number of hydrogen-bond acceptors (Lipinski definition) is 3. The van der Waals surface area contributed by atoms with E-state index in [1.807, 2.05) is 12.1 Å². The quantitative estimate of drug-likeness (QED) is 0.702. The lowest BCUT2D eigenvalue weighted by molar-refractivity contribution is -0.00503. The predicted octanol–water partition coefficient (Wildman–Crippen LogP) is 1.17. The molecule has 1 saturated carbocycles. The van der Waals surface area contributed by atoms with Crippen molar-refractivity contribution in [3.05, 3.63) is 30.1 Å². The highest BCUT2D eigenvalue weighted by Gasteiger charge is 2.33. The van der Waals surface area contributed by atoms with E-state index in [0.717, 1.165) is 31.2 Å². The zero-order valence-electron chi connectivity index (χ0n) is 8.19. The van der Waals surface area contributed by atoms with Gasteiger partial charge in [-0.15, -0.1) is 0 Å². The number of aliphatic hydroxyl groups is 1. The molecular formula is C11H16N2O. The number of aromatic nitrogens is 1. The standard InChI is InChI=1S/C11H16N2O/c12-10-1-5-11(14,6-2-10)9-3-7-13-8-4-9/h3-4,7-8,10,14H,1-2,5-6,12H2. The molecule has 1 aliphatic rings. The molecule has 0 aliphatic heterocycles. The topological polar surface area (TPSA) is 59.1 Å². The second-order valence-corrected chi connectivity index (χ2v) is 4.10. The van der Waals surface area contributed by atoms with Crippen LogP contribution in [0.1, 0.15) is 31.2 Å². The third kappa shape index (κ3) is 1.79. The Balaban J connectivity index is 2.17. The summed E-state index contributed by atoms with van der Waals surface area (Å²) in [6.45, 7) is 0. The van der Waals surface area contributed by atoms with Gasteiger partial charge in [-0.05, 0) is 43.4 Å². The van der Waals surface area contributed by atoms with Crippen LogP contribution in [0.3, 0.4) is 0 Å². The summed E-state index contributed by atoms with van der Waals surface area (Å²) in [5.74, 6) is 0. The summed E-state index contributed by atoms with van der Waals surface area (Å²) < 4.78 is 0. The summed E-state index contributed by atoms with van der Waals surface area (Å²) >= 11 is 0. The van der Waals surface area contributed by atoms with Gasteiger partial charge >= 0.3 is 0 Å². The molecule has 0 atom stereocenters. The van der Waals surface area contributed by atoms with Crippen LogP contribution in [0.25, 0.3) is 0 Å². The zero-order valence-corrected chi connectivity index (χ0v) is 8.19. The van der Waals surface area contributed by atoms with Crippen LogP contribution in [-0.2, 0) is 5.60 Å². The summed E-state index contributed by atoms with van der Waals surface area (Å²) in [6.07, 6.45) is 6.78. The highest BCUT2D eigenvalue weighted by atomic mass is 16.3. The van der Waals surface area contributed by atoms with E-state index in [4.69, 9.17) is 5.73 Å². The molecule has 0 bridgehead atoms. The lowest BCUT2D eigenvalue weighted by Crippen LogP contribution is -2.36. The van der Waals surface area contributed by atoms with Crippen molar-refractivity contribution in [3.8, 4) is 0 Å². The molecule has 0 amide bonds. The van der Waals surface area contributed by atoms with E-state index in [1.165, 1.54) is 0 Å². The first kappa shape index (κ1) is 9.62. The summed E-state index contributed by atoms with van der Waals surface area (Å²) in [7, 11) is 0. The van der Waals surface area contributed by atoms with Gasteiger partial charge in [0.05, 0.1) is 5.60 Å². The van der Waals surface area contributed by atoms with Crippen molar-refractivity contribution in [2.24, 2.45) is 5.73 Å².